The van der Waals surface area contributed by atoms with Gasteiger partial charge in [0, 0.05) is 4.47 Å². The molecular weight excluding hydrogens is 332 g/mol. The van der Waals surface area contributed by atoms with Crippen molar-refractivity contribution in [3.63, 3.8) is 0 Å². The van der Waals surface area contributed by atoms with E-state index in [4.69, 9.17) is 4.74 Å². The lowest BCUT2D eigenvalue weighted by atomic mass is 10.1. The van der Waals surface area contributed by atoms with E-state index in [1.54, 1.807) is 12.3 Å². The van der Waals surface area contributed by atoms with E-state index in [-0.39, 0.29) is 5.91 Å². The molecule has 2 rings (SSSR count). The number of hydrazone groups is 1. The Balaban J connectivity index is 2.06. The Kier molecular flexibility index (Phi) is 5.11. The molecule has 0 aliphatic heterocycles. The number of amides is 1. The molecule has 0 aliphatic carbocycles. The highest BCUT2D eigenvalue weighted by atomic mass is 79.9. The second-order valence-corrected chi connectivity index (χ2v) is 5.37. The molecule has 0 saturated heterocycles. The van der Waals surface area contributed by atoms with Gasteiger partial charge in [0.1, 0.15) is 5.75 Å². The smallest absolute Gasteiger partial charge is 0.275 e. The Hall–Kier alpha value is -2.14. The third kappa shape index (κ3) is 4.16. The summed E-state index contributed by atoms with van der Waals surface area (Å²) in [6.07, 6.45) is 1.59. The predicted molar refractivity (Wildman–Crippen MR) is 86.9 cm³/mol. The van der Waals surface area contributed by atoms with Gasteiger partial charge in [-0.15, -0.1) is 0 Å². The number of carbonyl (C=O) groups is 1. The largest absolute Gasteiger partial charge is 0.496 e. The van der Waals surface area contributed by atoms with E-state index in [9.17, 15) is 4.79 Å². The summed E-state index contributed by atoms with van der Waals surface area (Å²) in [5.74, 6) is 0.228. The number of rotatable bonds is 4. The molecule has 0 radical (unpaired) electrons. The molecule has 0 fully saturated rings. The minimum absolute atomic E-state index is 0.305. The van der Waals surface area contributed by atoms with Crippen LogP contribution < -0.4 is 10.2 Å². The van der Waals surface area contributed by atoms with Gasteiger partial charge in [0.25, 0.3) is 5.91 Å². The normalized spacial score (nSPS) is 10.6. The molecule has 5 heteroatoms. The number of ether oxygens (including phenoxy) is 1. The minimum atomic E-state index is -0.305. The zero-order valence-electron chi connectivity index (χ0n) is 11.8. The third-order valence-corrected chi connectivity index (χ3v) is 3.38. The van der Waals surface area contributed by atoms with Gasteiger partial charge in [-0.1, -0.05) is 34.1 Å². The molecule has 2 aromatic rings. The molecule has 1 amide bonds. The van der Waals surface area contributed by atoms with Crippen LogP contribution in [0.3, 0.4) is 0 Å². The van der Waals surface area contributed by atoms with Gasteiger partial charge in [0.15, 0.2) is 0 Å². The Bertz CT molecular complexity index is 666. The summed E-state index contributed by atoms with van der Waals surface area (Å²) in [7, 11) is 1.54. The van der Waals surface area contributed by atoms with Crippen LogP contribution in [0.1, 0.15) is 21.5 Å². The molecule has 0 aromatic heterocycles. The van der Waals surface area contributed by atoms with Gasteiger partial charge in [-0.25, -0.2) is 5.43 Å². The van der Waals surface area contributed by atoms with Crippen LogP contribution in [0, 0.1) is 6.92 Å². The van der Waals surface area contributed by atoms with Gasteiger partial charge in [0.2, 0.25) is 0 Å². The Labute approximate surface area is 132 Å². The van der Waals surface area contributed by atoms with E-state index in [0.717, 1.165) is 15.6 Å². The van der Waals surface area contributed by atoms with Crippen LogP contribution in [0.5, 0.6) is 5.75 Å². The van der Waals surface area contributed by atoms with Gasteiger partial charge >= 0.3 is 0 Å². The predicted octanol–water partition coefficient (Wildman–Crippen LogP) is 3.53. The average Bonchev–Trinajstić information content (AvgIpc) is 2.49. The second kappa shape index (κ2) is 7.04. The van der Waals surface area contributed by atoms with Crippen molar-refractivity contribution in [3.8, 4) is 5.75 Å². The topological polar surface area (TPSA) is 50.7 Å². The van der Waals surface area contributed by atoms with Crippen molar-refractivity contribution < 1.29 is 9.53 Å². The van der Waals surface area contributed by atoms with Crippen LogP contribution in [0.25, 0.3) is 0 Å². The Morgan fingerprint density at radius 2 is 1.95 bits per heavy atom. The van der Waals surface area contributed by atoms with Crippen molar-refractivity contribution in [3.05, 3.63) is 63.6 Å². The maximum Gasteiger partial charge on any atom is 0.275 e. The van der Waals surface area contributed by atoms with Crippen LogP contribution in [0.4, 0.5) is 0 Å². The van der Waals surface area contributed by atoms with Crippen LogP contribution in [-0.4, -0.2) is 19.2 Å². The van der Waals surface area contributed by atoms with Gasteiger partial charge in [0.05, 0.1) is 18.9 Å². The fourth-order valence-corrected chi connectivity index (χ4v) is 2.02. The summed E-state index contributed by atoms with van der Waals surface area (Å²) >= 11 is 3.36. The molecule has 108 valence electrons. The molecule has 0 unspecified atom stereocenters. The lowest BCUT2D eigenvalue weighted by Gasteiger charge is -2.07. The maximum atomic E-state index is 12.1. The highest BCUT2D eigenvalue weighted by molar-refractivity contribution is 9.10. The molecule has 2 aromatic carbocycles. The zero-order chi connectivity index (χ0) is 15.2. The van der Waals surface area contributed by atoms with E-state index in [1.807, 2.05) is 43.3 Å². The first kappa shape index (κ1) is 15.3. The van der Waals surface area contributed by atoms with Crippen molar-refractivity contribution in [1.29, 1.82) is 0 Å². The highest BCUT2D eigenvalue weighted by Gasteiger charge is 2.11. The zero-order valence-corrected chi connectivity index (χ0v) is 13.3. The maximum absolute atomic E-state index is 12.1. The second-order valence-electron chi connectivity index (χ2n) is 4.45. The average molecular weight is 347 g/mol. The van der Waals surface area contributed by atoms with Crippen molar-refractivity contribution in [2.75, 3.05) is 7.11 Å². The number of carbonyl (C=O) groups excluding carboxylic acids is 1. The van der Waals surface area contributed by atoms with Crippen LogP contribution in [0.15, 0.2) is 52.0 Å². The number of hydrogen-bond acceptors (Lipinski definition) is 3. The quantitative estimate of drug-likeness (QED) is 0.680. The van der Waals surface area contributed by atoms with E-state index in [0.29, 0.717) is 11.3 Å². The number of halogens is 1. The Morgan fingerprint density at radius 1 is 1.24 bits per heavy atom. The summed E-state index contributed by atoms with van der Waals surface area (Å²) < 4.78 is 6.20. The first-order valence-corrected chi connectivity index (χ1v) is 7.13. The van der Waals surface area contributed by atoms with E-state index >= 15 is 0 Å². The summed E-state index contributed by atoms with van der Waals surface area (Å²) in [5, 5.41) is 3.95. The first-order chi connectivity index (χ1) is 10.1. The van der Waals surface area contributed by atoms with Gasteiger partial charge in [-0.2, -0.15) is 5.10 Å². The monoisotopic (exact) mass is 346 g/mol. The molecule has 0 spiro atoms. The third-order valence-electron chi connectivity index (χ3n) is 2.85. The van der Waals surface area contributed by atoms with E-state index < -0.39 is 0 Å². The van der Waals surface area contributed by atoms with Gasteiger partial charge in [-0.3, -0.25) is 4.79 Å². The highest BCUT2D eigenvalue weighted by Crippen LogP contribution is 2.19. The van der Waals surface area contributed by atoms with Crippen molar-refractivity contribution in [2.24, 2.45) is 5.10 Å². The number of aryl methyl sites for hydroxylation is 1. The van der Waals surface area contributed by atoms with Crippen LogP contribution in [-0.2, 0) is 0 Å². The van der Waals surface area contributed by atoms with Crippen molar-refractivity contribution in [2.45, 2.75) is 6.92 Å². The van der Waals surface area contributed by atoms with Crippen molar-refractivity contribution >= 4 is 28.1 Å². The molecule has 0 saturated carbocycles. The fraction of sp³-hybridized carbons (Fsp3) is 0.125. The Morgan fingerprint density at radius 3 is 2.62 bits per heavy atom. The molecule has 1 N–H and O–H groups in total. The van der Waals surface area contributed by atoms with Crippen LogP contribution in [0.2, 0.25) is 0 Å². The summed E-state index contributed by atoms with van der Waals surface area (Å²) in [4.78, 5) is 12.1. The van der Waals surface area contributed by atoms with Gasteiger partial charge < -0.3 is 4.74 Å². The molecular formula is C16H15BrN2O2. The molecule has 0 heterocycles. The fourth-order valence-electron chi connectivity index (χ4n) is 1.76. The molecule has 21 heavy (non-hydrogen) atoms. The number of benzene rings is 2. The molecule has 0 atom stereocenters. The number of nitrogens with one attached hydrogen (secondary N) is 1. The molecule has 0 aliphatic rings. The van der Waals surface area contributed by atoms with Crippen molar-refractivity contribution in [1.82, 2.24) is 5.43 Å². The van der Waals surface area contributed by atoms with Crippen LogP contribution >= 0.6 is 15.9 Å². The lowest BCUT2D eigenvalue weighted by Crippen LogP contribution is -2.18. The van der Waals surface area contributed by atoms with E-state index in [2.05, 4.69) is 26.5 Å². The first-order valence-electron chi connectivity index (χ1n) is 6.34. The summed E-state index contributed by atoms with van der Waals surface area (Å²) in [5.41, 5.74) is 4.88. The SMILES string of the molecule is COc1cc(C)ccc1C(=O)N/N=C\c1ccc(Br)cc1. The standard InChI is InChI=1S/C16H15BrN2O2/c1-11-3-8-14(15(9-11)21-2)16(20)19-18-10-12-4-6-13(17)7-5-12/h3-10H,1-2H3,(H,19,20)/b18-10-. The summed E-state index contributed by atoms with van der Waals surface area (Å²) in [6, 6.07) is 13.0. The van der Waals surface area contributed by atoms with Gasteiger partial charge in [-0.05, 0) is 42.3 Å². The van der Waals surface area contributed by atoms with E-state index in [1.165, 1.54) is 7.11 Å². The molecule has 4 nitrogen and oxygen atoms in total. The molecule has 0 bridgehead atoms. The summed E-state index contributed by atoms with van der Waals surface area (Å²) in [6.45, 7) is 1.94. The lowest BCUT2D eigenvalue weighted by molar-refractivity contribution is 0.0952. The number of methoxy groups -OCH3 is 1. The minimum Gasteiger partial charge on any atom is -0.496 e. The number of hydrogen-bond donors (Lipinski definition) is 1. The number of nitrogens with zero attached hydrogens (tertiary/aromatic N) is 1.